The number of ketones is 1. The zero-order valence-electron chi connectivity index (χ0n) is 9.33. The summed E-state index contributed by atoms with van der Waals surface area (Å²) in [5, 5.41) is 0. The molecule has 0 amide bonds. The highest BCUT2D eigenvalue weighted by Crippen LogP contribution is 2.33. The van der Waals surface area contributed by atoms with Crippen molar-refractivity contribution in [1.82, 2.24) is 4.90 Å². The molecule has 0 aromatic carbocycles. The average Bonchev–Trinajstić information content (AvgIpc) is 2.16. The molecular formula is C12H21NO. The van der Waals surface area contributed by atoms with E-state index in [1.807, 2.05) is 0 Å². The number of Topliss-reactive ketones (excluding diaryl/α,β-unsaturated/α-hetero) is 1. The van der Waals surface area contributed by atoms with Crippen LogP contribution in [0, 0.1) is 5.92 Å². The van der Waals surface area contributed by atoms with Crippen molar-refractivity contribution < 1.29 is 4.79 Å². The van der Waals surface area contributed by atoms with E-state index in [1.54, 1.807) is 0 Å². The minimum Gasteiger partial charge on any atom is -0.300 e. The number of hydrogen-bond acceptors (Lipinski definition) is 2. The fourth-order valence-electron chi connectivity index (χ4n) is 2.93. The standard InChI is InChI=1S/C12H21NO/c1-3-10-4-5-11(14)8-12(10)13-7-6-9(13)2/h9-10,12H,3-8H2,1-2H3. The lowest BCUT2D eigenvalue weighted by molar-refractivity contribution is -0.125. The van der Waals surface area contributed by atoms with Crippen LogP contribution in [0.3, 0.4) is 0 Å². The van der Waals surface area contributed by atoms with Gasteiger partial charge in [-0.15, -0.1) is 0 Å². The Morgan fingerprint density at radius 2 is 2.21 bits per heavy atom. The lowest BCUT2D eigenvalue weighted by Gasteiger charge is -2.48. The molecule has 0 spiro atoms. The Hall–Kier alpha value is -0.370. The molecule has 1 aliphatic heterocycles. The summed E-state index contributed by atoms with van der Waals surface area (Å²) in [6.45, 7) is 5.77. The van der Waals surface area contributed by atoms with Crippen molar-refractivity contribution in [2.24, 2.45) is 5.92 Å². The van der Waals surface area contributed by atoms with Crippen LogP contribution in [-0.4, -0.2) is 29.3 Å². The zero-order valence-corrected chi connectivity index (χ0v) is 9.33. The molecule has 1 saturated heterocycles. The fourth-order valence-corrected chi connectivity index (χ4v) is 2.93. The Balaban J connectivity index is 2.01. The Labute approximate surface area is 86.7 Å². The van der Waals surface area contributed by atoms with Crippen LogP contribution in [0.15, 0.2) is 0 Å². The van der Waals surface area contributed by atoms with E-state index in [9.17, 15) is 4.79 Å². The topological polar surface area (TPSA) is 20.3 Å². The van der Waals surface area contributed by atoms with E-state index in [-0.39, 0.29) is 0 Å². The van der Waals surface area contributed by atoms with Gasteiger partial charge in [0.05, 0.1) is 0 Å². The van der Waals surface area contributed by atoms with Gasteiger partial charge in [-0.2, -0.15) is 0 Å². The molecular weight excluding hydrogens is 174 g/mol. The maximum atomic E-state index is 11.5. The predicted octanol–water partition coefficient (Wildman–Crippen LogP) is 2.23. The van der Waals surface area contributed by atoms with Crippen molar-refractivity contribution in [2.75, 3.05) is 6.54 Å². The van der Waals surface area contributed by atoms with Crippen LogP contribution in [0.1, 0.15) is 46.0 Å². The Morgan fingerprint density at radius 3 is 2.71 bits per heavy atom. The van der Waals surface area contributed by atoms with Gasteiger partial charge in [0.25, 0.3) is 0 Å². The second-order valence-corrected chi connectivity index (χ2v) is 4.89. The Bertz CT molecular complexity index is 222. The number of rotatable bonds is 2. The fraction of sp³-hybridized carbons (Fsp3) is 0.917. The van der Waals surface area contributed by atoms with Crippen molar-refractivity contribution in [3.8, 4) is 0 Å². The van der Waals surface area contributed by atoms with Crippen LogP contribution in [0.5, 0.6) is 0 Å². The van der Waals surface area contributed by atoms with Gasteiger partial charge in [-0.3, -0.25) is 9.69 Å². The third-order valence-electron chi connectivity index (χ3n) is 4.10. The monoisotopic (exact) mass is 195 g/mol. The zero-order chi connectivity index (χ0) is 10.1. The first-order valence-corrected chi connectivity index (χ1v) is 5.99. The van der Waals surface area contributed by atoms with Crippen molar-refractivity contribution in [3.05, 3.63) is 0 Å². The highest BCUT2D eigenvalue weighted by atomic mass is 16.1. The molecule has 0 N–H and O–H groups in total. The Kier molecular flexibility index (Phi) is 2.91. The van der Waals surface area contributed by atoms with Crippen molar-refractivity contribution in [1.29, 1.82) is 0 Å². The van der Waals surface area contributed by atoms with E-state index in [1.165, 1.54) is 19.4 Å². The molecule has 2 aliphatic rings. The van der Waals surface area contributed by atoms with Gasteiger partial charge in [-0.25, -0.2) is 0 Å². The van der Waals surface area contributed by atoms with Gasteiger partial charge in [0.2, 0.25) is 0 Å². The summed E-state index contributed by atoms with van der Waals surface area (Å²) in [6, 6.07) is 1.30. The third-order valence-corrected chi connectivity index (χ3v) is 4.10. The maximum Gasteiger partial charge on any atom is 0.134 e. The molecule has 0 aromatic heterocycles. The van der Waals surface area contributed by atoms with Gasteiger partial charge in [-0.05, 0) is 25.7 Å². The number of nitrogens with zero attached hydrogens (tertiary/aromatic N) is 1. The normalized spacial score (nSPS) is 39.6. The molecule has 0 bridgehead atoms. The number of likely N-dealkylation sites (tertiary alicyclic amines) is 1. The van der Waals surface area contributed by atoms with Gasteiger partial charge < -0.3 is 0 Å². The minimum atomic E-state index is 0.485. The molecule has 2 heteroatoms. The molecule has 80 valence electrons. The second-order valence-electron chi connectivity index (χ2n) is 4.89. The molecule has 2 rings (SSSR count). The highest BCUT2D eigenvalue weighted by molar-refractivity contribution is 5.79. The van der Waals surface area contributed by atoms with Gasteiger partial charge >= 0.3 is 0 Å². The SMILES string of the molecule is CCC1CCC(=O)CC1N1CCC1C. The van der Waals surface area contributed by atoms with E-state index in [2.05, 4.69) is 18.7 Å². The van der Waals surface area contributed by atoms with Crippen LogP contribution in [0.4, 0.5) is 0 Å². The molecule has 1 saturated carbocycles. The lowest BCUT2D eigenvalue weighted by atomic mass is 9.79. The highest BCUT2D eigenvalue weighted by Gasteiger charge is 2.38. The molecule has 1 heterocycles. The molecule has 0 radical (unpaired) electrons. The van der Waals surface area contributed by atoms with Crippen molar-refractivity contribution in [2.45, 2.75) is 58.0 Å². The van der Waals surface area contributed by atoms with Gasteiger partial charge in [0, 0.05) is 31.5 Å². The van der Waals surface area contributed by atoms with E-state index >= 15 is 0 Å². The summed E-state index contributed by atoms with van der Waals surface area (Å²) in [5.74, 6) is 1.26. The summed E-state index contributed by atoms with van der Waals surface area (Å²) in [5.41, 5.74) is 0. The van der Waals surface area contributed by atoms with E-state index in [4.69, 9.17) is 0 Å². The molecule has 2 nitrogen and oxygen atoms in total. The molecule has 0 aromatic rings. The maximum absolute atomic E-state index is 11.5. The van der Waals surface area contributed by atoms with Crippen LogP contribution in [0.2, 0.25) is 0 Å². The number of carbonyl (C=O) groups is 1. The smallest absolute Gasteiger partial charge is 0.134 e. The molecule has 3 atom stereocenters. The number of carbonyl (C=O) groups excluding carboxylic acids is 1. The second kappa shape index (κ2) is 4.01. The molecule has 2 fully saturated rings. The van der Waals surface area contributed by atoms with Crippen LogP contribution >= 0.6 is 0 Å². The van der Waals surface area contributed by atoms with Crippen LogP contribution < -0.4 is 0 Å². The molecule has 3 unspecified atom stereocenters. The minimum absolute atomic E-state index is 0.485. The summed E-state index contributed by atoms with van der Waals surface area (Å²) in [6.07, 6.45) is 5.34. The van der Waals surface area contributed by atoms with Gasteiger partial charge in [0.1, 0.15) is 5.78 Å². The van der Waals surface area contributed by atoms with Crippen LogP contribution in [0.25, 0.3) is 0 Å². The molecule has 14 heavy (non-hydrogen) atoms. The lowest BCUT2D eigenvalue weighted by Crippen LogP contribution is -2.55. The van der Waals surface area contributed by atoms with Crippen LogP contribution in [-0.2, 0) is 4.79 Å². The summed E-state index contributed by atoms with van der Waals surface area (Å²) in [7, 11) is 0. The van der Waals surface area contributed by atoms with E-state index in [0.29, 0.717) is 11.8 Å². The average molecular weight is 195 g/mol. The van der Waals surface area contributed by atoms with E-state index in [0.717, 1.165) is 31.2 Å². The van der Waals surface area contributed by atoms with Crippen molar-refractivity contribution in [3.63, 3.8) is 0 Å². The first kappa shape index (κ1) is 10.2. The summed E-state index contributed by atoms with van der Waals surface area (Å²) < 4.78 is 0. The summed E-state index contributed by atoms with van der Waals surface area (Å²) >= 11 is 0. The number of hydrogen-bond donors (Lipinski definition) is 0. The first-order chi connectivity index (χ1) is 6.72. The van der Waals surface area contributed by atoms with Crippen molar-refractivity contribution >= 4 is 5.78 Å². The largest absolute Gasteiger partial charge is 0.300 e. The van der Waals surface area contributed by atoms with Gasteiger partial charge in [-0.1, -0.05) is 13.3 Å². The quantitative estimate of drug-likeness (QED) is 0.673. The molecule has 1 aliphatic carbocycles. The Morgan fingerprint density at radius 1 is 1.43 bits per heavy atom. The van der Waals surface area contributed by atoms with E-state index < -0.39 is 0 Å². The van der Waals surface area contributed by atoms with Gasteiger partial charge in [0.15, 0.2) is 0 Å². The third kappa shape index (κ3) is 1.72. The first-order valence-electron chi connectivity index (χ1n) is 5.99. The predicted molar refractivity (Wildman–Crippen MR) is 57.2 cm³/mol. The summed E-state index contributed by atoms with van der Waals surface area (Å²) in [4.78, 5) is 14.0.